The SMILES string of the molecule is COc1ccc(Cl)cc1CNCCCN(C)C. The van der Waals surface area contributed by atoms with E-state index in [0.29, 0.717) is 0 Å². The number of methoxy groups -OCH3 is 1. The minimum absolute atomic E-state index is 0.746. The lowest BCUT2D eigenvalue weighted by Crippen LogP contribution is -2.21. The standard InChI is InChI=1S/C13H21ClN2O/c1-16(2)8-4-7-15-10-11-9-12(14)5-6-13(11)17-3/h5-6,9,15H,4,7-8,10H2,1-3H3. The minimum atomic E-state index is 0.746. The quantitative estimate of drug-likeness (QED) is 0.759. The zero-order valence-corrected chi connectivity index (χ0v) is 11.5. The van der Waals surface area contributed by atoms with Gasteiger partial charge in [0.25, 0.3) is 0 Å². The van der Waals surface area contributed by atoms with Crippen molar-refractivity contribution in [2.45, 2.75) is 13.0 Å². The van der Waals surface area contributed by atoms with Crippen molar-refractivity contribution in [3.8, 4) is 5.75 Å². The first kappa shape index (κ1) is 14.3. The second-order valence-electron chi connectivity index (χ2n) is 4.29. The van der Waals surface area contributed by atoms with E-state index >= 15 is 0 Å². The molecule has 1 rings (SSSR count). The second kappa shape index (κ2) is 7.54. The highest BCUT2D eigenvalue weighted by atomic mass is 35.5. The van der Waals surface area contributed by atoms with Gasteiger partial charge in [-0.2, -0.15) is 0 Å². The Bertz CT molecular complexity index is 342. The zero-order valence-electron chi connectivity index (χ0n) is 10.8. The van der Waals surface area contributed by atoms with Crippen LogP contribution in [-0.4, -0.2) is 39.2 Å². The maximum atomic E-state index is 5.97. The van der Waals surface area contributed by atoms with E-state index in [1.807, 2.05) is 18.2 Å². The molecule has 1 aromatic rings. The van der Waals surface area contributed by atoms with E-state index in [-0.39, 0.29) is 0 Å². The molecule has 4 heteroatoms. The molecule has 0 aliphatic heterocycles. The van der Waals surface area contributed by atoms with E-state index in [9.17, 15) is 0 Å². The van der Waals surface area contributed by atoms with E-state index in [1.54, 1.807) is 7.11 Å². The first-order chi connectivity index (χ1) is 8.13. The van der Waals surface area contributed by atoms with Crippen molar-refractivity contribution in [3.05, 3.63) is 28.8 Å². The summed E-state index contributed by atoms with van der Waals surface area (Å²) in [7, 11) is 5.85. The first-order valence-corrected chi connectivity index (χ1v) is 6.19. The lowest BCUT2D eigenvalue weighted by Gasteiger charge is -2.12. The van der Waals surface area contributed by atoms with Crippen LogP contribution in [0, 0.1) is 0 Å². The van der Waals surface area contributed by atoms with Gasteiger partial charge in [0.2, 0.25) is 0 Å². The number of nitrogens with zero attached hydrogens (tertiary/aromatic N) is 1. The van der Waals surface area contributed by atoms with Crippen molar-refractivity contribution in [1.82, 2.24) is 10.2 Å². The molecular formula is C13H21ClN2O. The molecule has 3 nitrogen and oxygen atoms in total. The number of hydrogen-bond donors (Lipinski definition) is 1. The molecule has 0 bridgehead atoms. The molecule has 0 aliphatic rings. The van der Waals surface area contributed by atoms with Gasteiger partial charge in [0, 0.05) is 17.1 Å². The Kier molecular flexibility index (Phi) is 6.34. The van der Waals surface area contributed by atoms with Crippen LogP contribution in [0.5, 0.6) is 5.75 Å². The van der Waals surface area contributed by atoms with E-state index in [0.717, 1.165) is 42.4 Å². The van der Waals surface area contributed by atoms with Crippen molar-refractivity contribution in [1.29, 1.82) is 0 Å². The largest absolute Gasteiger partial charge is 0.496 e. The predicted molar refractivity (Wildman–Crippen MR) is 72.9 cm³/mol. The summed E-state index contributed by atoms with van der Waals surface area (Å²) in [4.78, 5) is 2.18. The Labute approximate surface area is 109 Å². The Morgan fingerprint density at radius 3 is 2.76 bits per heavy atom. The molecule has 0 saturated heterocycles. The number of rotatable bonds is 7. The Hall–Kier alpha value is -0.770. The fourth-order valence-corrected chi connectivity index (χ4v) is 1.82. The molecule has 0 atom stereocenters. The summed E-state index contributed by atoms with van der Waals surface area (Å²) in [6.45, 7) is 2.88. The molecule has 0 saturated carbocycles. The van der Waals surface area contributed by atoms with Crippen molar-refractivity contribution in [2.75, 3.05) is 34.3 Å². The van der Waals surface area contributed by atoms with Crippen LogP contribution in [0.3, 0.4) is 0 Å². The first-order valence-electron chi connectivity index (χ1n) is 5.81. The molecule has 0 unspecified atom stereocenters. The van der Waals surface area contributed by atoms with Gasteiger partial charge in [0.15, 0.2) is 0 Å². The smallest absolute Gasteiger partial charge is 0.123 e. The van der Waals surface area contributed by atoms with Gasteiger partial charge in [0.1, 0.15) is 5.75 Å². The third kappa shape index (κ3) is 5.39. The van der Waals surface area contributed by atoms with Crippen LogP contribution in [0.2, 0.25) is 5.02 Å². The lowest BCUT2D eigenvalue weighted by atomic mass is 10.2. The number of halogens is 1. The monoisotopic (exact) mass is 256 g/mol. The highest BCUT2D eigenvalue weighted by Gasteiger charge is 2.03. The highest BCUT2D eigenvalue weighted by molar-refractivity contribution is 6.30. The molecule has 17 heavy (non-hydrogen) atoms. The number of hydrogen-bond acceptors (Lipinski definition) is 3. The minimum Gasteiger partial charge on any atom is -0.496 e. The van der Waals surface area contributed by atoms with Gasteiger partial charge in [-0.05, 0) is 51.8 Å². The van der Waals surface area contributed by atoms with Crippen LogP contribution in [-0.2, 0) is 6.54 Å². The fraction of sp³-hybridized carbons (Fsp3) is 0.538. The molecule has 0 radical (unpaired) electrons. The molecule has 0 heterocycles. The van der Waals surface area contributed by atoms with Gasteiger partial charge >= 0.3 is 0 Å². The maximum absolute atomic E-state index is 5.97. The van der Waals surface area contributed by atoms with E-state index in [1.165, 1.54) is 0 Å². The van der Waals surface area contributed by atoms with Crippen LogP contribution in [0.15, 0.2) is 18.2 Å². The third-order valence-corrected chi connectivity index (χ3v) is 2.75. The molecule has 96 valence electrons. The van der Waals surface area contributed by atoms with Gasteiger partial charge in [-0.25, -0.2) is 0 Å². The summed E-state index contributed by atoms with van der Waals surface area (Å²) in [6, 6.07) is 5.69. The summed E-state index contributed by atoms with van der Waals surface area (Å²) in [5.74, 6) is 0.884. The summed E-state index contributed by atoms with van der Waals surface area (Å²) in [5, 5.41) is 4.14. The topological polar surface area (TPSA) is 24.5 Å². The van der Waals surface area contributed by atoms with Gasteiger partial charge in [-0.3, -0.25) is 0 Å². The normalized spacial score (nSPS) is 10.9. The van der Waals surface area contributed by atoms with Crippen molar-refractivity contribution in [2.24, 2.45) is 0 Å². The predicted octanol–water partition coefficient (Wildman–Crippen LogP) is 2.39. The van der Waals surface area contributed by atoms with Crippen molar-refractivity contribution in [3.63, 3.8) is 0 Å². The zero-order chi connectivity index (χ0) is 12.7. The van der Waals surface area contributed by atoms with E-state index in [4.69, 9.17) is 16.3 Å². The average molecular weight is 257 g/mol. The third-order valence-electron chi connectivity index (χ3n) is 2.52. The molecule has 0 aliphatic carbocycles. The van der Waals surface area contributed by atoms with Crippen LogP contribution in [0.25, 0.3) is 0 Å². The number of benzene rings is 1. The molecule has 1 N–H and O–H groups in total. The molecule has 1 aromatic carbocycles. The van der Waals surface area contributed by atoms with Crippen LogP contribution in [0.1, 0.15) is 12.0 Å². The van der Waals surface area contributed by atoms with Crippen LogP contribution < -0.4 is 10.1 Å². The molecule has 0 amide bonds. The maximum Gasteiger partial charge on any atom is 0.123 e. The molecule has 0 aromatic heterocycles. The summed E-state index contributed by atoms with van der Waals surface area (Å²) >= 11 is 5.97. The lowest BCUT2D eigenvalue weighted by molar-refractivity contribution is 0.391. The van der Waals surface area contributed by atoms with Crippen molar-refractivity contribution < 1.29 is 4.74 Å². The highest BCUT2D eigenvalue weighted by Crippen LogP contribution is 2.22. The molecular weight excluding hydrogens is 236 g/mol. The average Bonchev–Trinajstić information content (AvgIpc) is 2.28. The number of ether oxygens (including phenoxy) is 1. The fourth-order valence-electron chi connectivity index (χ4n) is 1.63. The second-order valence-corrected chi connectivity index (χ2v) is 4.73. The Balaban J connectivity index is 2.37. The summed E-state index contributed by atoms with van der Waals surface area (Å²) in [5.41, 5.74) is 1.10. The van der Waals surface area contributed by atoms with Gasteiger partial charge < -0.3 is 15.0 Å². The Morgan fingerprint density at radius 1 is 1.35 bits per heavy atom. The van der Waals surface area contributed by atoms with Gasteiger partial charge in [0.05, 0.1) is 7.11 Å². The number of nitrogens with one attached hydrogen (secondary N) is 1. The van der Waals surface area contributed by atoms with Gasteiger partial charge in [-0.15, -0.1) is 0 Å². The van der Waals surface area contributed by atoms with E-state index < -0.39 is 0 Å². The molecule has 0 spiro atoms. The summed E-state index contributed by atoms with van der Waals surface area (Å²) in [6.07, 6.45) is 1.13. The molecule has 0 fully saturated rings. The van der Waals surface area contributed by atoms with E-state index in [2.05, 4.69) is 24.3 Å². The Morgan fingerprint density at radius 2 is 2.12 bits per heavy atom. The van der Waals surface area contributed by atoms with Crippen LogP contribution in [0.4, 0.5) is 0 Å². The van der Waals surface area contributed by atoms with Gasteiger partial charge in [-0.1, -0.05) is 11.6 Å². The van der Waals surface area contributed by atoms with Crippen LogP contribution >= 0.6 is 11.6 Å². The summed E-state index contributed by atoms with van der Waals surface area (Å²) < 4.78 is 5.29. The van der Waals surface area contributed by atoms with Crippen molar-refractivity contribution >= 4 is 11.6 Å².